The quantitative estimate of drug-likeness (QED) is 0.451. The highest BCUT2D eigenvalue weighted by molar-refractivity contribution is 7.99. The predicted octanol–water partition coefficient (Wildman–Crippen LogP) is 3.48. The van der Waals surface area contributed by atoms with Crippen LogP contribution < -0.4 is 5.32 Å². The van der Waals surface area contributed by atoms with Crippen molar-refractivity contribution < 1.29 is 14.7 Å². The van der Waals surface area contributed by atoms with Crippen LogP contribution >= 0.6 is 36.2 Å². The van der Waals surface area contributed by atoms with Gasteiger partial charge in [0.15, 0.2) is 9.93 Å². The number of carbonyl (C=O) groups is 2. The van der Waals surface area contributed by atoms with Crippen molar-refractivity contribution in [3.8, 4) is 0 Å². The Bertz CT molecular complexity index is 959. The van der Waals surface area contributed by atoms with Gasteiger partial charge in [-0.25, -0.2) is 4.79 Å². The minimum Gasteiger partial charge on any atom is -0.465 e. The van der Waals surface area contributed by atoms with Crippen molar-refractivity contribution in [2.45, 2.75) is 24.7 Å². The van der Waals surface area contributed by atoms with E-state index >= 15 is 0 Å². The number of nitrogens with zero attached hydrogens (tertiary/aromatic N) is 2. The van der Waals surface area contributed by atoms with E-state index in [4.69, 9.17) is 24.4 Å². The van der Waals surface area contributed by atoms with Crippen molar-refractivity contribution in [1.82, 2.24) is 19.9 Å². The summed E-state index contributed by atoms with van der Waals surface area (Å²) in [6.45, 7) is 2.16. The highest BCUT2D eigenvalue weighted by atomic mass is 32.2. The fourth-order valence-corrected chi connectivity index (χ4v) is 3.97. The SMILES string of the molecule is CC1c2ccc(NC(=O)CSc3nc(=S)[nH]c(=S)[nH]3)cc2CN1C(=O)O. The summed E-state index contributed by atoms with van der Waals surface area (Å²) in [7, 11) is 0. The van der Waals surface area contributed by atoms with Gasteiger partial charge in [0.1, 0.15) is 0 Å². The molecule has 1 aliphatic heterocycles. The average molecular weight is 410 g/mol. The van der Waals surface area contributed by atoms with E-state index in [-0.39, 0.29) is 22.5 Å². The molecule has 4 N–H and O–H groups in total. The van der Waals surface area contributed by atoms with Crippen LogP contribution in [0.25, 0.3) is 0 Å². The molecule has 1 aliphatic rings. The molecule has 1 atom stereocenters. The van der Waals surface area contributed by atoms with Gasteiger partial charge < -0.3 is 20.4 Å². The van der Waals surface area contributed by atoms with Gasteiger partial charge >= 0.3 is 6.09 Å². The van der Waals surface area contributed by atoms with Gasteiger partial charge in [0.2, 0.25) is 10.7 Å². The van der Waals surface area contributed by atoms with Crippen LogP contribution in [0.1, 0.15) is 24.1 Å². The average Bonchev–Trinajstić information content (AvgIpc) is 2.89. The molecule has 136 valence electrons. The minimum atomic E-state index is -0.957. The van der Waals surface area contributed by atoms with Gasteiger partial charge in [-0.05, 0) is 54.6 Å². The Morgan fingerprint density at radius 2 is 2.19 bits per heavy atom. The van der Waals surface area contributed by atoms with E-state index in [1.54, 1.807) is 6.07 Å². The number of amides is 2. The number of thioether (sulfide) groups is 1. The molecule has 3 rings (SSSR count). The number of benzene rings is 1. The fraction of sp³-hybridized carbons (Fsp3) is 0.267. The van der Waals surface area contributed by atoms with Gasteiger partial charge in [-0.15, -0.1) is 0 Å². The third-order valence-corrected chi connectivity index (χ3v) is 5.19. The number of fused-ring (bicyclic) bond motifs is 1. The summed E-state index contributed by atoms with van der Waals surface area (Å²) >= 11 is 11.1. The molecule has 26 heavy (non-hydrogen) atoms. The van der Waals surface area contributed by atoms with Gasteiger partial charge in [-0.2, -0.15) is 4.98 Å². The van der Waals surface area contributed by atoms with Gasteiger partial charge in [-0.1, -0.05) is 17.8 Å². The summed E-state index contributed by atoms with van der Waals surface area (Å²) in [6.07, 6.45) is -0.957. The van der Waals surface area contributed by atoms with Crippen LogP contribution in [-0.2, 0) is 11.3 Å². The van der Waals surface area contributed by atoms with Crippen molar-refractivity contribution in [2.24, 2.45) is 0 Å². The van der Waals surface area contributed by atoms with Crippen LogP contribution in [0.15, 0.2) is 23.4 Å². The van der Waals surface area contributed by atoms with Crippen molar-refractivity contribution in [3.05, 3.63) is 38.9 Å². The summed E-state index contributed by atoms with van der Waals surface area (Å²) in [5.41, 5.74) is 2.47. The maximum Gasteiger partial charge on any atom is 0.408 e. The third-order valence-electron chi connectivity index (χ3n) is 3.91. The molecular formula is C15H15N5O3S3. The minimum absolute atomic E-state index is 0.131. The molecule has 2 amide bonds. The first kappa shape index (κ1) is 18.5. The van der Waals surface area contributed by atoms with E-state index in [1.807, 2.05) is 19.1 Å². The second-order valence-electron chi connectivity index (χ2n) is 5.64. The zero-order chi connectivity index (χ0) is 18.8. The van der Waals surface area contributed by atoms with E-state index in [0.717, 1.165) is 11.1 Å². The lowest BCUT2D eigenvalue weighted by atomic mass is 10.1. The van der Waals surface area contributed by atoms with Crippen LogP contribution in [0.4, 0.5) is 10.5 Å². The molecule has 0 saturated heterocycles. The first-order valence-electron chi connectivity index (χ1n) is 7.59. The van der Waals surface area contributed by atoms with Gasteiger partial charge in [0, 0.05) is 5.69 Å². The van der Waals surface area contributed by atoms with E-state index < -0.39 is 6.09 Å². The van der Waals surface area contributed by atoms with Gasteiger partial charge in [0.05, 0.1) is 18.3 Å². The first-order valence-corrected chi connectivity index (χ1v) is 9.39. The molecule has 0 spiro atoms. The van der Waals surface area contributed by atoms with Crippen molar-refractivity contribution in [2.75, 3.05) is 11.1 Å². The van der Waals surface area contributed by atoms with Crippen molar-refractivity contribution in [1.29, 1.82) is 0 Å². The highest BCUT2D eigenvalue weighted by Gasteiger charge is 2.30. The monoisotopic (exact) mass is 409 g/mol. The van der Waals surface area contributed by atoms with Crippen LogP contribution in [0.2, 0.25) is 0 Å². The topological polar surface area (TPSA) is 114 Å². The Balaban J connectivity index is 1.64. The van der Waals surface area contributed by atoms with E-state index in [2.05, 4.69) is 20.3 Å². The number of carbonyl (C=O) groups excluding carboxylic acids is 1. The maximum absolute atomic E-state index is 12.2. The van der Waals surface area contributed by atoms with Crippen LogP contribution in [0.5, 0.6) is 0 Å². The summed E-state index contributed by atoms with van der Waals surface area (Å²) in [6, 6.07) is 5.23. The van der Waals surface area contributed by atoms with Crippen LogP contribution in [-0.4, -0.2) is 42.7 Å². The molecule has 0 fully saturated rings. The molecule has 1 unspecified atom stereocenters. The zero-order valence-electron chi connectivity index (χ0n) is 13.6. The van der Waals surface area contributed by atoms with E-state index in [0.29, 0.717) is 22.2 Å². The number of nitrogens with one attached hydrogen (secondary N) is 3. The van der Waals surface area contributed by atoms with Crippen molar-refractivity contribution >= 4 is 53.9 Å². The molecule has 0 aliphatic carbocycles. The highest BCUT2D eigenvalue weighted by Crippen LogP contribution is 2.34. The van der Waals surface area contributed by atoms with Gasteiger partial charge in [0.25, 0.3) is 0 Å². The lowest BCUT2D eigenvalue weighted by Crippen LogP contribution is -2.25. The number of carboxylic acid groups (broad SMARTS) is 1. The molecule has 0 saturated carbocycles. The fourth-order valence-electron chi connectivity index (χ4n) is 2.72. The first-order chi connectivity index (χ1) is 12.3. The van der Waals surface area contributed by atoms with Crippen LogP contribution in [0.3, 0.4) is 0 Å². The molecule has 11 heteroatoms. The Morgan fingerprint density at radius 3 is 2.88 bits per heavy atom. The van der Waals surface area contributed by atoms with E-state index in [1.165, 1.54) is 16.7 Å². The summed E-state index contributed by atoms with van der Waals surface area (Å²) in [5.74, 6) is -0.0813. The number of anilines is 1. The third kappa shape index (κ3) is 4.11. The molecule has 0 radical (unpaired) electrons. The standard InChI is InChI=1S/C15H15N5O3S3/c1-7-10-3-2-9(4-8(10)5-20(7)15(22)23)16-11(21)6-26-14-18-12(24)17-13(25)19-14/h2-4,7H,5-6H2,1H3,(H,16,21)(H,22,23)(H2,17,18,19,24,25). The number of aromatic nitrogens is 3. The molecule has 1 aromatic heterocycles. The molecule has 2 heterocycles. The second-order valence-corrected chi connectivity index (χ2v) is 7.40. The summed E-state index contributed by atoms with van der Waals surface area (Å²) < 4.78 is 0.607. The zero-order valence-corrected chi connectivity index (χ0v) is 16.1. The summed E-state index contributed by atoms with van der Waals surface area (Å²) in [5, 5.41) is 12.5. The lowest BCUT2D eigenvalue weighted by Gasteiger charge is -2.17. The molecule has 0 bridgehead atoms. The molecular weight excluding hydrogens is 394 g/mol. The number of rotatable bonds is 4. The maximum atomic E-state index is 12.2. The Hall–Kier alpha value is -2.24. The Morgan fingerprint density at radius 1 is 1.42 bits per heavy atom. The molecule has 2 aromatic rings. The normalized spacial score (nSPS) is 15.6. The Kier molecular flexibility index (Phi) is 5.39. The molecule has 8 nitrogen and oxygen atoms in total. The summed E-state index contributed by atoms with van der Waals surface area (Å²) in [4.78, 5) is 34.3. The second kappa shape index (κ2) is 7.56. The Labute approximate surface area is 163 Å². The number of H-pyrrole nitrogens is 2. The van der Waals surface area contributed by atoms with E-state index in [9.17, 15) is 14.7 Å². The van der Waals surface area contributed by atoms with Crippen LogP contribution in [0, 0.1) is 9.54 Å². The predicted molar refractivity (Wildman–Crippen MR) is 102 cm³/mol. The lowest BCUT2D eigenvalue weighted by molar-refractivity contribution is -0.113. The number of hydrogen-bond donors (Lipinski definition) is 4. The van der Waals surface area contributed by atoms with Crippen molar-refractivity contribution in [3.63, 3.8) is 0 Å². The number of hydrogen-bond acceptors (Lipinski definition) is 6. The van der Waals surface area contributed by atoms with Gasteiger partial charge in [-0.3, -0.25) is 9.69 Å². The largest absolute Gasteiger partial charge is 0.465 e. The number of aromatic amines is 2. The smallest absolute Gasteiger partial charge is 0.408 e. The molecule has 1 aromatic carbocycles.